The highest BCUT2D eigenvalue weighted by Crippen LogP contribution is 2.39. The summed E-state index contributed by atoms with van der Waals surface area (Å²) in [6.07, 6.45) is 0.756. The maximum absolute atomic E-state index is 8.32. The van der Waals surface area contributed by atoms with Crippen molar-refractivity contribution >= 4 is 8.60 Å². The number of nitrogens with zero attached hydrogens (tertiary/aromatic N) is 3. The van der Waals surface area contributed by atoms with Crippen molar-refractivity contribution in [1.29, 1.82) is 15.8 Å². The van der Waals surface area contributed by atoms with Crippen LogP contribution in [0.15, 0.2) is 0 Å². The van der Waals surface area contributed by atoms with Gasteiger partial charge in [0.2, 0.25) is 0 Å². The third-order valence-electron chi connectivity index (χ3n) is 1.23. The van der Waals surface area contributed by atoms with E-state index in [2.05, 4.69) is 0 Å². The van der Waals surface area contributed by atoms with Gasteiger partial charge in [0.25, 0.3) is 0 Å². The molecule has 0 aliphatic rings. The zero-order valence-corrected chi connectivity index (χ0v) is 9.65. The van der Waals surface area contributed by atoms with Gasteiger partial charge in [0, 0.05) is 0 Å². The quantitative estimate of drug-likeness (QED) is 0.452. The summed E-state index contributed by atoms with van der Waals surface area (Å²) in [7, 11) is -1.55. The highest BCUT2D eigenvalue weighted by Gasteiger charge is 2.11. The normalized spacial score (nSPS) is 9.38. The summed E-state index contributed by atoms with van der Waals surface area (Å²) < 4.78 is 15.5. The molecule has 0 spiro atoms. The molecule has 0 unspecified atom stereocenters. The third-order valence-corrected chi connectivity index (χ3v) is 2.41. The zero-order valence-electron chi connectivity index (χ0n) is 8.76. The SMILES string of the molecule is N#CCCOP(OCCC#N)OCCC#N. The van der Waals surface area contributed by atoms with E-state index in [0.717, 1.165) is 0 Å². The van der Waals surface area contributed by atoms with Gasteiger partial charge in [0.05, 0.1) is 57.3 Å². The fourth-order valence-corrected chi connectivity index (χ4v) is 1.55. The first-order chi connectivity index (χ1) is 7.85. The van der Waals surface area contributed by atoms with Crippen LogP contribution in [0.4, 0.5) is 0 Å². The number of hydrogen-bond acceptors (Lipinski definition) is 6. The lowest BCUT2D eigenvalue weighted by Crippen LogP contribution is -1.99. The Morgan fingerprint density at radius 1 is 0.688 bits per heavy atom. The highest BCUT2D eigenvalue weighted by molar-refractivity contribution is 7.41. The molecule has 0 aliphatic carbocycles. The minimum atomic E-state index is -1.55. The van der Waals surface area contributed by atoms with E-state index in [1.54, 1.807) is 0 Å². The van der Waals surface area contributed by atoms with Gasteiger partial charge in [0.1, 0.15) is 0 Å². The summed E-state index contributed by atoms with van der Waals surface area (Å²) in [4.78, 5) is 0. The van der Waals surface area contributed by atoms with Crippen molar-refractivity contribution < 1.29 is 13.6 Å². The number of nitriles is 3. The fraction of sp³-hybridized carbons (Fsp3) is 0.667. The molecule has 0 heterocycles. The van der Waals surface area contributed by atoms with Gasteiger partial charge in [-0.25, -0.2) is 0 Å². The molecule has 0 atom stereocenters. The predicted octanol–water partition coefficient (Wildman–Crippen LogP) is 2.00. The first kappa shape index (κ1) is 14.8. The minimum Gasteiger partial charge on any atom is -0.311 e. The Kier molecular flexibility index (Phi) is 10.9. The Bertz CT molecular complexity index is 244. The summed E-state index contributed by atoms with van der Waals surface area (Å²) in [5.41, 5.74) is 0. The molecule has 16 heavy (non-hydrogen) atoms. The average Bonchev–Trinajstić information content (AvgIpc) is 2.29. The van der Waals surface area contributed by atoms with E-state index in [9.17, 15) is 0 Å². The predicted molar refractivity (Wildman–Crippen MR) is 55.5 cm³/mol. The molecule has 0 aromatic heterocycles. The van der Waals surface area contributed by atoms with Crippen molar-refractivity contribution in [2.45, 2.75) is 19.3 Å². The zero-order chi connectivity index (χ0) is 12.1. The van der Waals surface area contributed by atoms with Crippen LogP contribution in [-0.2, 0) is 13.6 Å². The Labute approximate surface area is 95.9 Å². The lowest BCUT2D eigenvalue weighted by atomic mass is 10.5. The van der Waals surface area contributed by atoms with E-state index in [-0.39, 0.29) is 39.1 Å². The van der Waals surface area contributed by atoms with Crippen molar-refractivity contribution in [3.8, 4) is 18.2 Å². The second kappa shape index (κ2) is 11.9. The van der Waals surface area contributed by atoms with Crippen molar-refractivity contribution in [2.24, 2.45) is 0 Å². The monoisotopic (exact) mass is 241 g/mol. The molecule has 0 saturated heterocycles. The average molecular weight is 241 g/mol. The molecule has 0 aromatic rings. The van der Waals surface area contributed by atoms with Crippen molar-refractivity contribution in [3.63, 3.8) is 0 Å². The lowest BCUT2D eigenvalue weighted by Gasteiger charge is -2.14. The third kappa shape index (κ3) is 9.34. The molecular formula is C9H12N3O3P. The van der Waals surface area contributed by atoms with Crippen molar-refractivity contribution in [2.75, 3.05) is 19.8 Å². The Hall–Kier alpha value is -1.22. The highest BCUT2D eigenvalue weighted by atomic mass is 31.2. The van der Waals surface area contributed by atoms with E-state index < -0.39 is 8.60 Å². The van der Waals surface area contributed by atoms with E-state index in [1.807, 2.05) is 18.2 Å². The molecule has 0 aromatic carbocycles. The largest absolute Gasteiger partial charge is 0.332 e. The topological polar surface area (TPSA) is 99.1 Å². The van der Waals surface area contributed by atoms with Gasteiger partial charge in [-0.2, -0.15) is 15.8 Å². The van der Waals surface area contributed by atoms with E-state index >= 15 is 0 Å². The molecule has 0 bridgehead atoms. The molecule has 0 amide bonds. The van der Waals surface area contributed by atoms with Crippen LogP contribution in [0.3, 0.4) is 0 Å². The summed E-state index contributed by atoms with van der Waals surface area (Å²) in [6.45, 7) is 0.671. The number of rotatable bonds is 9. The first-order valence-corrected chi connectivity index (χ1v) is 5.74. The van der Waals surface area contributed by atoms with Crippen LogP contribution in [0.5, 0.6) is 0 Å². The van der Waals surface area contributed by atoms with Gasteiger partial charge in [0.15, 0.2) is 0 Å². The van der Waals surface area contributed by atoms with Crippen LogP contribution in [0, 0.1) is 34.0 Å². The smallest absolute Gasteiger partial charge is 0.311 e. The van der Waals surface area contributed by atoms with Gasteiger partial charge in [-0.15, -0.1) is 0 Å². The van der Waals surface area contributed by atoms with Gasteiger partial charge < -0.3 is 13.6 Å². The lowest BCUT2D eigenvalue weighted by molar-refractivity contribution is 0.166. The van der Waals surface area contributed by atoms with E-state index in [0.29, 0.717) is 0 Å². The summed E-state index contributed by atoms with van der Waals surface area (Å²) in [6, 6.07) is 5.78. The minimum absolute atomic E-state index is 0.224. The molecular weight excluding hydrogens is 229 g/mol. The molecule has 0 radical (unpaired) electrons. The molecule has 7 heteroatoms. The number of hydrogen-bond donors (Lipinski definition) is 0. The van der Waals surface area contributed by atoms with E-state index in [1.165, 1.54) is 0 Å². The summed E-state index contributed by atoms with van der Waals surface area (Å²) in [5.74, 6) is 0. The van der Waals surface area contributed by atoms with Crippen molar-refractivity contribution in [3.05, 3.63) is 0 Å². The van der Waals surface area contributed by atoms with Crippen LogP contribution in [0.1, 0.15) is 19.3 Å². The van der Waals surface area contributed by atoms with Crippen LogP contribution in [0.2, 0.25) is 0 Å². The van der Waals surface area contributed by atoms with Gasteiger partial charge in [-0.1, -0.05) is 0 Å². The van der Waals surface area contributed by atoms with Gasteiger partial charge in [-0.05, 0) is 0 Å². The summed E-state index contributed by atoms with van der Waals surface area (Å²) in [5, 5.41) is 25.0. The Morgan fingerprint density at radius 3 is 1.25 bits per heavy atom. The molecule has 86 valence electrons. The van der Waals surface area contributed by atoms with Gasteiger partial charge >= 0.3 is 8.60 Å². The van der Waals surface area contributed by atoms with Crippen molar-refractivity contribution in [1.82, 2.24) is 0 Å². The van der Waals surface area contributed by atoms with Crippen LogP contribution < -0.4 is 0 Å². The molecule has 0 aliphatic heterocycles. The molecule has 0 rings (SSSR count). The Balaban J connectivity index is 3.73. The first-order valence-electron chi connectivity index (χ1n) is 4.65. The molecule has 6 nitrogen and oxygen atoms in total. The maximum atomic E-state index is 8.32. The fourth-order valence-electron chi connectivity index (χ4n) is 0.609. The van der Waals surface area contributed by atoms with Crippen LogP contribution in [-0.4, -0.2) is 19.8 Å². The second-order valence-corrected chi connectivity index (χ2v) is 3.67. The molecule has 0 fully saturated rings. The molecule has 0 N–H and O–H groups in total. The molecule has 0 saturated carbocycles. The van der Waals surface area contributed by atoms with E-state index in [4.69, 9.17) is 29.4 Å². The maximum Gasteiger partial charge on any atom is 0.332 e. The Morgan fingerprint density at radius 2 is 1.00 bits per heavy atom. The summed E-state index contributed by atoms with van der Waals surface area (Å²) >= 11 is 0. The van der Waals surface area contributed by atoms with Crippen LogP contribution >= 0.6 is 8.60 Å². The second-order valence-electron chi connectivity index (χ2n) is 2.45. The van der Waals surface area contributed by atoms with Gasteiger partial charge in [-0.3, -0.25) is 0 Å². The standard InChI is InChI=1S/C9H12N3O3P/c10-4-1-7-13-16(14-8-2-5-11)15-9-3-6-12/h1-3,7-9H2. The van der Waals surface area contributed by atoms with Crippen LogP contribution in [0.25, 0.3) is 0 Å².